The second kappa shape index (κ2) is 6.93. The van der Waals surface area contributed by atoms with Crippen LogP contribution < -0.4 is 5.32 Å². The number of hydrogen-bond donors (Lipinski definition) is 2. The zero-order valence-corrected chi connectivity index (χ0v) is 11.8. The topological polar surface area (TPSA) is 40.7 Å². The van der Waals surface area contributed by atoms with Gasteiger partial charge >= 0.3 is 0 Å². The molecule has 0 amide bonds. The monoisotopic (exact) mass is 249 g/mol. The molecule has 1 heterocycles. The molecule has 1 aromatic rings. The normalized spacial score (nSPS) is 24.3. The number of aromatic amines is 1. The summed E-state index contributed by atoms with van der Waals surface area (Å²) in [6, 6.07) is 0. The second-order valence-corrected chi connectivity index (χ2v) is 5.61. The Labute approximate surface area is 111 Å². The summed E-state index contributed by atoms with van der Waals surface area (Å²) < 4.78 is 0. The molecule has 0 radical (unpaired) electrons. The van der Waals surface area contributed by atoms with Gasteiger partial charge in [0.05, 0.1) is 0 Å². The summed E-state index contributed by atoms with van der Waals surface area (Å²) in [7, 11) is 0. The van der Waals surface area contributed by atoms with E-state index in [1.165, 1.54) is 50.0 Å². The fourth-order valence-corrected chi connectivity index (χ4v) is 2.98. The number of rotatable bonds is 6. The lowest BCUT2D eigenvalue weighted by Crippen LogP contribution is -2.16. The molecular weight excluding hydrogens is 222 g/mol. The van der Waals surface area contributed by atoms with Crippen LogP contribution in [-0.4, -0.2) is 16.5 Å². The third kappa shape index (κ3) is 3.58. The molecule has 1 aromatic heterocycles. The van der Waals surface area contributed by atoms with Gasteiger partial charge in [0.25, 0.3) is 0 Å². The molecule has 0 aliphatic heterocycles. The van der Waals surface area contributed by atoms with Gasteiger partial charge in [-0.15, -0.1) is 0 Å². The quantitative estimate of drug-likeness (QED) is 0.756. The Morgan fingerprint density at radius 3 is 3.06 bits per heavy atom. The highest BCUT2D eigenvalue weighted by Gasteiger charge is 2.23. The van der Waals surface area contributed by atoms with E-state index >= 15 is 0 Å². The molecule has 0 saturated heterocycles. The molecule has 1 aliphatic carbocycles. The third-order valence-corrected chi connectivity index (χ3v) is 4.14. The second-order valence-electron chi connectivity index (χ2n) is 5.61. The molecule has 2 unspecified atom stereocenters. The fraction of sp³-hybridized carbons (Fsp3) is 0.800. The van der Waals surface area contributed by atoms with E-state index < -0.39 is 0 Å². The highest BCUT2D eigenvalue weighted by atomic mass is 15.0. The van der Waals surface area contributed by atoms with Crippen LogP contribution in [-0.2, 0) is 6.54 Å². The van der Waals surface area contributed by atoms with Crippen molar-refractivity contribution in [2.75, 3.05) is 6.54 Å². The van der Waals surface area contributed by atoms with E-state index in [2.05, 4.69) is 29.1 Å². The van der Waals surface area contributed by atoms with Crippen molar-refractivity contribution in [2.45, 2.75) is 64.8 Å². The average Bonchev–Trinajstić information content (AvgIpc) is 2.88. The predicted octanol–water partition coefficient (Wildman–Crippen LogP) is 3.59. The Hall–Kier alpha value is -0.830. The highest BCUT2D eigenvalue weighted by Crippen LogP contribution is 2.36. The molecule has 3 heteroatoms. The van der Waals surface area contributed by atoms with Crippen LogP contribution in [0.2, 0.25) is 0 Å². The van der Waals surface area contributed by atoms with Crippen molar-refractivity contribution in [3.05, 3.63) is 17.7 Å². The summed E-state index contributed by atoms with van der Waals surface area (Å²) >= 11 is 0. The zero-order chi connectivity index (χ0) is 12.8. The number of aromatic nitrogens is 2. The number of hydrogen-bond acceptors (Lipinski definition) is 2. The molecule has 2 atom stereocenters. The lowest BCUT2D eigenvalue weighted by Gasteiger charge is -2.27. The van der Waals surface area contributed by atoms with Gasteiger partial charge < -0.3 is 10.3 Å². The maximum atomic E-state index is 4.59. The van der Waals surface area contributed by atoms with Crippen LogP contribution in [0, 0.1) is 5.92 Å². The summed E-state index contributed by atoms with van der Waals surface area (Å²) in [6.07, 6.45) is 9.93. The van der Waals surface area contributed by atoms with Crippen LogP contribution in [0.15, 0.2) is 6.20 Å². The summed E-state index contributed by atoms with van der Waals surface area (Å²) in [5.41, 5.74) is 1.23. The SMILES string of the molecule is CCCNCc1cnc(C2CCCC(CC)C2)[nH]1. The molecule has 0 spiro atoms. The van der Waals surface area contributed by atoms with Gasteiger partial charge in [-0.05, 0) is 31.7 Å². The van der Waals surface area contributed by atoms with Crippen LogP contribution in [0.5, 0.6) is 0 Å². The summed E-state index contributed by atoms with van der Waals surface area (Å²) in [5.74, 6) is 2.81. The smallest absolute Gasteiger partial charge is 0.109 e. The first-order valence-corrected chi connectivity index (χ1v) is 7.58. The minimum absolute atomic E-state index is 0.670. The van der Waals surface area contributed by atoms with Crippen LogP contribution in [0.3, 0.4) is 0 Å². The van der Waals surface area contributed by atoms with Crippen molar-refractivity contribution in [1.82, 2.24) is 15.3 Å². The molecular formula is C15H27N3. The molecule has 1 saturated carbocycles. The van der Waals surface area contributed by atoms with E-state index in [0.717, 1.165) is 19.0 Å². The maximum Gasteiger partial charge on any atom is 0.109 e. The Balaban J connectivity index is 1.88. The van der Waals surface area contributed by atoms with Crippen LogP contribution in [0.1, 0.15) is 69.8 Å². The lowest BCUT2D eigenvalue weighted by atomic mass is 9.80. The molecule has 3 nitrogen and oxygen atoms in total. The molecule has 2 N–H and O–H groups in total. The van der Waals surface area contributed by atoms with Crippen molar-refractivity contribution in [3.8, 4) is 0 Å². The van der Waals surface area contributed by atoms with E-state index in [-0.39, 0.29) is 0 Å². The molecule has 102 valence electrons. The Kier molecular flexibility index (Phi) is 5.24. The van der Waals surface area contributed by atoms with Gasteiger partial charge in [-0.3, -0.25) is 0 Å². The van der Waals surface area contributed by atoms with E-state index in [1.807, 2.05) is 6.20 Å². The Bertz CT molecular complexity index is 345. The molecule has 1 fully saturated rings. The number of nitrogens with zero attached hydrogens (tertiary/aromatic N) is 1. The highest BCUT2D eigenvalue weighted by molar-refractivity contribution is 5.06. The first-order valence-electron chi connectivity index (χ1n) is 7.58. The van der Waals surface area contributed by atoms with Gasteiger partial charge in [0.2, 0.25) is 0 Å². The van der Waals surface area contributed by atoms with E-state index in [0.29, 0.717) is 5.92 Å². The predicted molar refractivity (Wildman–Crippen MR) is 75.6 cm³/mol. The number of nitrogens with one attached hydrogen (secondary N) is 2. The number of H-pyrrole nitrogens is 1. The standard InChI is InChI=1S/C15H27N3/c1-3-8-16-10-14-11-17-15(18-14)13-7-5-6-12(4-2)9-13/h11-13,16H,3-10H2,1-2H3,(H,17,18). The first kappa shape index (κ1) is 13.6. The lowest BCUT2D eigenvalue weighted by molar-refractivity contribution is 0.308. The molecule has 18 heavy (non-hydrogen) atoms. The maximum absolute atomic E-state index is 4.59. The van der Waals surface area contributed by atoms with Crippen molar-refractivity contribution in [1.29, 1.82) is 0 Å². The minimum Gasteiger partial charge on any atom is -0.345 e. The molecule has 0 aromatic carbocycles. The average molecular weight is 249 g/mol. The van der Waals surface area contributed by atoms with E-state index in [4.69, 9.17) is 0 Å². The van der Waals surface area contributed by atoms with Crippen molar-refractivity contribution in [3.63, 3.8) is 0 Å². The van der Waals surface area contributed by atoms with Gasteiger partial charge in [0.15, 0.2) is 0 Å². The Morgan fingerprint density at radius 1 is 1.39 bits per heavy atom. The van der Waals surface area contributed by atoms with E-state index in [1.54, 1.807) is 0 Å². The van der Waals surface area contributed by atoms with Gasteiger partial charge in [-0.1, -0.05) is 33.1 Å². The van der Waals surface area contributed by atoms with Crippen molar-refractivity contribution in [2.24, 2.45) is 5.92 Å². The van der Waals surface area contributed by atoms with Crippen LogP contribution in [0.4, 0.5) is 0 Å². The molecule has 1 aliphatic rings. The van der Waals surface area contributed by atoms with Gasteiger partial charge in [0.1, 0.15) is 5.82 Å². The molecule has 0 bridgehead atoms. The number of imidazole rings is 1. The van der Waals surface area contributed by atoms with Crippen LogP contribution >= 0.6 is 0 Å². The minimum atomic E-state index is 0.670. The van der Waals surface area contributed by atoms with Crippen molar-refractivity contribution >= 4 is 0 Å². The van der Waals surface area contributed by atoms with Gasteiger partial charge in [-0.2, -0.15) is 0 Å². The third-order valence-electron chi connectivity index (χ3n) is 4.14. The summed E-state index contributed by atoms with van der Waals surface area (Å²) in [5, 5.41) is 3.42. The zero-order valence-electron chi connectivity index (χ0n) is 11.8. The summed E-state index contributed by atoms with van der Waals surface area (Å²) in [4.78, 5) is 8.10. The van der Waals surface area contributed by atoms with Crippen molar-refractivity contribution < 1.29 is 0 Å². The van der Waals surface area contributed by atoms with Gasteiger partial charge in [-0.25, -0.2) is 4.98 Å². The van der Waals surface area contributed by atoms with Crippen LogP contribution in [0.25, 0.3) is 0 Å². The fourth-order valence-electron chi connectivity index (χ4n) is 2.98. The molecule has 2 rings (SSSR count). The Morgan fingerprint density at radius 2 is 2.28 bits per heavy atom. The van der Waals surface area contributed by atoms with E-state index in [9.17, 15) is 0 Å². The largest absolute Gasteiger partial charge is 0.345 e. The summed E-state index contributed by atoms with van der Waals surface area (Å²) in [6.45, 7) is 6.51. The first-order chi connectivity index (χ1) is 8.83. The van der Waals surface area contributed by atoms with Gasteiger partial charge in [0, 0.05) is 24.4 Å².